The summed E-state index contributed by atoms with van der Waals surface area (Å²) in [5, 5.41) is 6.63. The molecule has 15 heteroatoms. The van der Waals surface area contributed by atoms with Gasteiger partial charge in [0.05, 0.1) is 36.6 Å². The van der Waals surface area contributed by atoms with E-state index in [2.05, 4.69) is 144 Å². The first kappa shape index (κ1) is 51.9. The lowest BCUT2D eigenvalue weighted by Gasteiger charge is -2.59. The zero-order chi connectivity index (χ0) is 47.9. The SMILES string of the molecule is CC1(C)CN(CCNN2CN(NCCN3CC(C)(C)N(C4CCCCC4)C(C)(C)C3=O)CN(NCCN3CC(C)(C)N(C4CCCCC4)C(C)(C)C3=O)C2)C(=O)C(C)(C)N1C1CCCCC1. The highest BCUT2D eigenvalue weighted by Crippen LogP contribution is 2.42. The van der Waals surface area contributed by atoms with Gasteiger partial charge in [0.2, 0.25) is 17.7 Å². The van der Waals surface area contributed by atoms with Gasteiger partial charge in [-0.1, -0.05) is 57.8 Å². The maximum absolute atomic E-state index is 14.2. The van der Waals surface area contributed by atoms with Crippen LogP contribution < -0.4 is 16.3 Å². The third-order valence-corrected chi connectivity index (χ3v) is 16.9. The monoisotopic (exact) mass is 925 g/mol. The summed E-state index contributed by atoms with van der Waals surface area (Å²) in [7, 11) is 0. The van der Waals surface area contributed by atoms with Crippen molar-refractivity contribution in [1.82, 2.24) is 60.7 Å². The number of amides is 3. The number of nitrogens with one attached hydrogen (secondary N) is 3. The summed E-state index contributed by atoms with van der Waals surface area (Å²) >= 11 is 0. The third-order valence-electron chi connectivity index (χ3n) is 16.9. The normalized spacial score (nSPS) is 29.3. The Labute approximate surface area is 401 Å². The Morgan fingerprint density at radius 1 is 0.379 bits per heavy atom. The number of hydrazine groups is 3. The zero-order valence-corrected chi connectivity index (χ0v) is 44.1. The van der Waals surface area contributed by atoms with Crippen LogP contribution in [-0.4, -0.2) is 192 Å². The van der Waals surface area contributed by atoms with Gasteiger partial charge in [0.25, 0.3) is 0 Å². The standard InChI is InChI=1S/C51H96N12O3/c1-46(2)34-55(43(64)49(7,8)61(46)40-22-16-13-17-23-40)31-28-52-58-37-59(53-29-32-56-35-47(3,4)62(50(9,10)44(56)65)41-24-18-14-19-25-41)39-60(38-58)54-30-33-57-36-48(5,6)63(51(11,12)45(57)66)42-26-20-15-21-27-42/h40-42,52-54H,13-39H2,1-12H3. The first-order valence-electron chi connectivity index (χ1n) is 26.7. The van der Waals surface area contributed by atoms with Crippen molar-refractivity contribution in [2.45, 2.75) is 231 Å². The maximum Gasteiger partial charge on any atom is 0.242 e. The molecule has 4 heterocycles. The molecule has 66 heavy (non-hydrogen) atoms. The van der Waals surface area contributed by atoms with Gasteiger partial charge in [-0.15, -0.1) is 0 Å². The summed E-state index contributed by atoms with van der Waals surface area (Å²) in [6, 6.07) is 1.38. The van der Waals surface area contributed by atoms with Gasteiger partial charge in [0.1, 0.15) is 0 Å². The number of nitrogens with zero attached hydrogens (tertiary/aromatic N) is 9. The summed E-state index contributed by atoms with van der Waals surface area (Å²) in [6.45, 7) is 34.6. The van der Waals surface area contributed by atoms with E-state index in [-0.39, 0.29) is 34.3 Å². The Kier molecular flexibility index (Phi) is 16.0. The number of carbonyl (C=O) groups is 3. The predicted molar refractivity (Wildman–Crippen MR) is 264 cm³/mol. The van der Waals surface area contributed by atoms with Crippen LogP contribution in [0.25, 0.3) is 0 Å². The van der Waals surface area contributed by atoms with Crippen molar-refractivity contribution < 1.29 is 14.4 Å². The van der Waals surface area contributed by atoms with Crippen molar-refractivity contribution in [3.8, 4) is 0 Å². The highest BCUT2D eigenvalue weighted by atomic mass is 16.2. The highest BCUT2D eigenvalue weighted by molar-refractivity contribution is 5.88. The van der Waals surface area contributed by atoms with Crippen molar-refractivity contribution >= 4 is 17.7 Å². The molecule has 15 nitrogen and oxygen atoms in total. The fourth-order valence-electron chi connectivity index (χ4n) is 15.1. The quantitative estimate of drug-likeness (QED) is 0.196. The van der Waals surface area contributed by atoms with E-state index in [0.29, 0.717) is 77.4 Å². The highest BCUT2D eigenvalue weighted by Gasteiger charge is 2.55. The molecule has 0 atom stereocenters. The average molecular weight is 925 g/mol. The molecule has 0 aromatic carbocycles. The van der Waals surface area contributed by atoms with Crippen LogP contribution in [0.15, 0.2) is 0 Å². The van der Waals surface area contributed by atoms with Crippen molar-refractivity contribution in [3.63, 3.8) is 0 Å². The maximum atomic E-state index is 14.2. The van der Waals surface area contributed by atoms with E-state index in [4.69, 9.17) is 0 Å². The van der Waals surface area contributed by atoms with Crippen LogP contribution >= 0.6 is 0 Å². The summed E-state index contributed by atoms with van der Waals surface area (Å²) < 4.78 is 0. The first-order chi connectivity index (χ1) is 31.0. The van der Waals surface area contributed by atoms with E-state index in [9.17, 15) is 14.4 Å². The van der Waals surface area contributed by atoms with E-state index < -0.39 is 16.6 Å². The van der Waals surface area contributed by atoms with E-state index in [1.807, 2.05) is 0 Å². The van der Waals surface area contributed by atoms with E-state index in [1.54, 1.807) is 0 Å². The fraction of sp³-hybridized carbons (Fsp3) is 0.941. The average Bonchev–Trinajstić information content (AvgIpc) is 3.24. The van der Waals surface area contributed by atoms with Gasteiger partial charge in [-0.25, -0.2) is 15.0 Å². The summed E-state index contributed by atoms with van der Waals surface area (Å²) in [4.78, 5) is 56.6. The molecule has 0 aromatic rings. The Hall–Kier alpha value is -1.95. The van der Waals surface area contributed by atoms with Gasteiger partial charge in [0, 0.05) is 93.6 Å². The number of carbonyl (C=O) groups excluding carboxylic acids is 3. The van der Waals surface area contributed by atoms with Crippen LogP contribution in [0.4, 0.5) is 0 Å². The second kappa shape index (κ2) is 20.4. The van der Waals surface area contributed by atoms with Gasteiger partial charge in [0.15, 0.2) is 0 Å². The minimum Gasteiger partial charge on any atom is -0.338 e. The molecule has 378 valence electrons. The lowest BCUT2D eigenvalue weighted by Crippen LogP contribution is -2.74. The Balaban J connectivity index is 0.980. The molecule has 4 aliphatic heterocycles. The third kappa shape index (κ3) is 11.0. The Morgan fingerprint density at radius 3 is 0.833 bits per heavy atom. The Bertz CT molecular complexity index is 1470. The van der Waals surface area contributed by atoms with Gasteiger partial charge >= 0.3 is 0 Å². The van der Waals surface area contributed by atoms with Crippen LogP contribution in [0.5, 0.6) is 0 Å². The van der Waals surface area contributed by atoms with Crippen LogP contribution in [0, 0.1) is 0 Å². The summed E-state index contributed by atoms with van der Waals surface area (Å²) in [5.41, 5.74) is 9.11. The molecule has 3 amide bonds. The fourth-order valence-corrected chi connectivity index (χ4v) is 15.1. The number of piperazine rings is 3. The molecule has 3 aliphatic carbocycles. The minimum atomic E-state index is -0.557. The molecule has 0 spiro atoms. The lowest BCUT2D eigenvalue weighted by molar-refractivity contribution is -0.167. The molecular formula is C51H96N12O3. The Morgan fingerprint density at radius 2 is 0.606 bits per heavy atom. The van der Waals surface area contributed by atoms with Crippen molar-refractivity contribution in [2.75, 3.05) is 78.9 Å². The second-order valence-electron chi connectivity index (χ2n) is 25.0. The molecule has 7 rings (SSSR count). The molecule has 3 saturated carbocycles. The molecule has 0 aromatic heterocycles. The van der Waals surface area contributed by atoms with Crippen LogP contribution in [0.3, 0.4) is 0 Å². The van der Waals surface area contributed by atoms with Crippen LogP contribution in [0.2, 0.25) is 0 Å². The van der Waals surface area contributed by atoms with E-state index >= 15 is 0 Å². The molecule has 0 radical (unpaired) electrons. The van der Waals surface area contributed by atoms with E-state index in [1.165, 1.54) is 96.3 Å². The second-order valence-corrected chi connectivity index (χ2v) is 25.0. The minimum absolute atomic E-state index is 0.116. The van der Waals surface area contributed by atoms with Crippen LogP contribution in [-0.2, 0) is 14.4 Å². The van der Waals surface area contributed by atoms with Gasteiger partial charge in [-0.2, -0.15) is 0 Å². The largest absolute Gasteiger partial charge is 0.338 e. The van der Waals surface area contributed by atoms with Gasteiger partial charge in [-0.05, 0) is 122 Å². The molecule has 7 aliphatic rings. The number of rotatable bonds is 15. The summed E-state index contributed by atoms with van der Waals surface area (Å²) in [6.07, 6.45) is 18.5. The smallest absolute Gasteiger partial charge is 0.242 e. The van der Waals surface area contributed by atoms with Gasteiger partial charge in [-0.3, -0.25) is 45.4 Å². The molecule has 4 saturated heterocycles. The lowest BCUT2D eigenvalue weighted by atomic mass is 9.81. The molecule has 0 unspecified atom stereocenters. The number of hydrogen-bond donors (Lipinski definition) is 3. The molecule has 3 N–H and O–H groups in total. The molecular weight excluding hydrogens is 829 g/mol. The van der Waals surface area contributed by atoms with Crippen molar-refractivity contribution in [3.05, 3.63) is 0 Å². The van der Waals surface area contributed by atoms with Crippen LogP contribution in [0.1, 0.15) is 179 Å². The molecule has 0 bridgehead atoms. The molecule has 7 fully saturated rings. The van der Waals surface area contributed by atoms with Crippen molar-refractivity contribution in [2.24, 2.45) is 0 Å². The predicted octanol–water partition coefficient (Wildman–Crippen LogP) is 5.39. The number of hydrogen-bond acceptors (Lipinski definition) is 12. The first-order valence-corrected chi connectivity index (χ1v) is 26.7. The summed E-state index contributed by atoms with van der Waals surface area (Å²) in [5.74, 6) is 0.668. The van der Waals surface area contributed by atoms with E-state index in [0.717, 1.165) is 19.6 Å². The topological polar surface area (TPSA) is 116 Å². The zero-order valence-electron chi connectivity index (χ0n) is 44.1. The van der Waals surface area contributed by atoms with Crippen molar-refractivity contribution in [1.29, 1.82) is 0 Å². The van der Waals surface area contributed by atoms with Gasteiger partial charge < -0.3 is 14.7 Å².